The first kappa shape index (κ1) is 21.4. The van der Waals surface area contributed by atoms with E-state index >= 15 is 0 Å². The van der Waals surface area contributed by atoms with E-state index in [0.717, 1.165) is 17.9 Å². The van der Waals surface area contributed by atoms with Crippen molar-refractivity contribution in [2.75, 3.05) is 13.2 Å². The summed E-state index contributed by atoms with van der Waals surface area (Å²) in [6.07, 6.45) is 7.43. The number of aromatic nitrogens is 2. The molecule has 2 atom stereocenters. The van der Waals surface area contributed by atoms with Gasteiger partial charge in [0.05, 0.1) is 11.6 Å². The molecular formula is C22H28ClN3O3. The molecule has 156 valence electrons. The third kappa shape index (κ3) is 4.99. The van der Waals surface area contributed by atoms with Gasteiger partial charge < -0.3 is 10.1 Å². The molecule has 2 aromatic heterocycles. The topological polar surface area (TPSA) is 72.7 Å². The molecular weight excluding hydrogens is 390 g/mol. The maximum absolute atomic E-state index is 12.8. The molecule has 0 bridgehead atoms. The molecule has 2 heterocycles. The molecule has 0 spiro atoms. The van der Waals surface area contributed by atoms with Gasteiger partial charge in [-0.25, -0.2) is 9.78 Å². The summed E-state index contributed by atoms with van der Waals surface area (Å²) in [5.74, 6) is 0.632. The zero-order valence-corrected chi connectivity index (χ0v) is 17.8. The highest BCUT2D eigenvalue weighted by Gasteiger charge is 2.24. The van der Waals surface area contributed by atoms with Crippen molar-refractivity contribution in [3.8, 4) is 0 Å². The van der Waals surface area contributed by atoms with Crippen molar-refractivity contribution in [3.63, 3.8) is 0 Å². The van der Waals surface area contributed by atoms with E-state index in [2.05, 4.69) is 23.8 Å². The lowest BCUT2D eigenvalue weighted by Crippen LogP contribution is -2.28. The SMILES string of the molecule is C=C(CNC(=O)c1c(Cl)ccc2nc(C(=O)OCC)cn12)CC1CCC(CC)C1. The van der Waals surface area contributed by atoms with Crippen LogP contribution in [0.25, 0.3) is 5.65 Å². The van der Waals surface area contributed by atoms with Crippen molar-refractivity contribution in [2.24, 2.45) is 11.8 Å². The Bertz CT molecular complexity index is 921. The molecule has 1 N–H and O–H groups in total. The molecule has 0 aliphatic heterocycles. The van der Waals surface area contributed by atoms with Crippen LogP contribution in [0.15, 0.2) is 30.5 Å². The van der Waals surface area contributed by atoms with Crippen molar-refractivity contribution in [3.05, 3.63) is 46.9 Å². The van der Waals surface area contributed by atoms with E-state index < -0.39 is 5.97 Å². The van der Waals surface area contributed by atoms with Gasteiger partial charge in [0.15, 0.2) is 5.69 Å². The van der Waals surface area contributed by atoms with E-state index in [-0.39, 0.29) is 28.9 Å². The highest BCUT2D eigenvalue weighted by molar-refractivity contribution is 6.33. The van der Waals surface area contributed by atoms with Crippen LogP contribution in [0, 0.1) is 11.8 Å². The maximum atomic E-state index is 12.8. The summed E-state index contributed by atoms with van der Waals surface area (Å²) < 4.78 is 6.51. The van der Waals surface area contributed by atoms with Crippen molar-refractivity contribution in [1.29, 1.82) is 0 Å². The second-order valence-corrected chi connectivity index (χ2v) is 8.10. The van der Waals surface area contributed by atoms with Crippen LogP contribution < -0.4 is 5.32 Å². The van der Waals surface area contributed by atoms with Crippen LogP contribution in [-0.2, 0) is 4.74 Å². The third-order valence-electron chi connectivity index (χ3n) is 5.58. The van der Waals surface area contributed by atoms with Crippen LogP contribution in [0.4, 0.5) is 0 Å². The van der Waals surface area contributed by atoms with Gasteiger partial charge in [0.25, 0.3) is 5.91 Å². The Morgan fingerprint density at radius 1 is 1.31 bits per heavy atom. The number of halogens is 1. The number of rotatable bonds is 8. The first-order valence-corrected chi connectivity index (χ1v) is 10.6. The number of nitrogens with one attached hydrogen (secondary N) is 1. The highest BCUT2D eigenvalue weighted by Crippen LogP contribution is 2.36. The monoisotopic (exact) mass is 417 g/mol. The molecule has 1 amide bonds. The van der Waals surface area contributed by atoms with Crippen LogP contribution in [0.3, 0.4) is 0 Å². The second-order valence-electron chi connectivity index (χ2n) is 7.69. The molecule has 6 nitrogen and oxygen atoms in total. The van der Waals surface area contributed by atoms with E-state index in [0.29, 0.717) is 18.1 Å². The van der Waals surface area contributed by atoms with Gasteiger partial charge >= 0.3 is 5.97 Å². The zero-order chi connectivity index (χ0) is 21.0. The lowest BCUT2D eigenvalue weighted by atomic mass is 9.96. The summed E-state index contributed by atoms with van der Waals surface area (Å²) in [6.45, 7) is 8.77. The number of hydrogen-bond donors (Lipinski definition) is 1. The van der Waals surface area contributed by atoms with Crippen LogP contribution in [0.1, 0.15) is 66.9 Å². The van der Waals surface area contributed by atoms with Crippen molar-refractivity contribution >= 4 is 29.1 Å². The molecule has 1 fully saturated rings. The Kier molecular flexibility index (Phi) is 6.96. The van der Waals surface area contributed by atoms with Crippen LogP contribution in [0.2, 0.25) is 5.02 Å². The smallest absolute Gasteiger partial charge is 0.358 e. The summed E-state index contributed by atoms with van der Waals surface area (Å²) in [5.41, 5.74) is 1.85. The predicted octanol–water partition coefficient (Wildman–Crippen LogP) is 4.67. The van der Waals surface area contributed by atoms with E-state index in [9.17, 15) is 9.59 Å². The molecule has 0 saturated heterocycles. The Labute approximate surface area is 176 Å². The first-order chi connectivity index (χ1) is 13.9. The standard InChI is InChI=1S/C22H28ClN3O3/c1-4-15-6-7-16(11-15)10-14(3)12-24-21(27)20-17(23)8-9-19-25-18(13-26(19)20)22(28)29-5-2/h8-9,13,15-16H,3-7,10-12H2,1-2H3,(H,24,27). The molecule has 2 aromatic rings. The molecule has 3 rings (SSSR count). The second kappa shape index (κ2) is 9.44. The minimum atomic E-state index is -0.533. The first-order valence-electron chi connectivity index (χ1n) is 10.2. The fraction of sp³-hybridized carbons (Fsp3) is 0.500. The third-order valence-corrected chi connectivity index (χ3v) is 5.89. The number of carbonyl (C=O) groups is 2. The molecule has 1 aliphatic rings. The van der Waals surface area contributed by atoms with Crippen LogP contribution in [0.5, 0.6) is 0 Å². The summed E-state index contributed by atoms with van der Waals surface area (Å²) in [7, 11) is 0. The fourth-order valence-electron chi connectivity index (χ4n) is 4.06. The number of ether oxygens (including phenoxy) is 1. The Morgan fingerprint density at radius 3 is 2.76 bits per heavy atom. The van der Waals surface area contributed by atoms with Crippen LogP contribution in [-0.4, -0.2) is 34.4 Å². The van der Waals surface area contributed by atoms with Gasteiger partial charge in [0, 0.05) is 12.7 Å². The van der Waals surface area contributed by atoms with E-state index in [1.165, 1.54) is 36.3 Å². The van der Waals surface area contributed by atoms with Gasteiger partial charge in [-0.3, -0.25) is 9.20 Å². The average molecular weight is 418 g/mol. The summed E-state index contributed by atoms with van der Waals surface area (Å²) in [5, 5.41) is 3.19. The normalized spacial score (nSPS) is 18.7. The molecule has 0 aromatic carbocycles. The summed E-state index contributed by atoms with van der Waals surface area (Å²) in [4.78, 5) is 29.0. The van der Waals surface area contributed by atoms with Gasteiger partial charge in [0.1, 0.15) is 11.3 Å². The molecule has 0 radical (unpaired) electrons. The van der Waals surface area contributed by atoms with Crippen molar-refractivity contribution in [1.82, 2.24) is 14.7 Å². The van der Waals surface area contributed by atoms with E-state index in [1.54, 1.807) is 19.1 Å². The van der Waals surface area contributed by atoms with Crippen molar-refractivity contribution < 1.29 is 14.3 Å². The number of carbonyl (C=O) groups excluding carboxylic acids is 2. The van der Waals surface area contributed by atoms with Crippen LogP contribution >= 0.6 is 11.6 Å². The van der Waals surface area contributed by atoms with Gasteiger partial charge in [0.2, 0.25) is 0 Å². The number of imidazole rings is 1. The number of pyridine rings is 1. The maximum Gasteiger partial charge on any atom is 0.358 e. The lowest BCUT2D eigenvalue weighted by Gasteiger charge is -2.14. The Balaban J connectivity index is 1.67. The minimum absolute atomic E-state index is 0.138. The number of fused-ring (bicyclic) bond motifs is 1. The Hall–Kier alpha value is -2.34. The van der Waals surface area contributed by atoms with Gasteiger partial charge in [-0.2, -0.15) is 0 Å². The van der Waals surface area contributed by atoms with Gasteiger partial charge in [-0.05, 0) is 50.2 Å². The van der Waals surface area contributed by atoms with Crippen molar-refractivity contribution in [2.45, 2.75) is 46.0 Å². The number of amides is 1. The fourth-order valence-corrected chi connectivity index (χ4v) is 4.30. The molecule has 1 saturated carbocycles. The van der Waals surface area contributed by atoms with E-state index in [4.69, 9.17) is 16.3 Å². The van der Waals surface area contributed by atoms with Gasteiger partial charge in [-0.1, -0.05) is 43.5 Å². The van der Waals surface area contributed by atoms with Gasteiger partial charge in [-0.15, -0.1) is 0 Å². The quantitative estimate of drug-likeness (QED) is 0.500. The Morgan fingerprint density at radius 2 is 2.07 bits per heavy atom. The average Bonchev–Trinajstić information content (AvgIpc) is 3.33. The highest BCUT2D eigenvalue weighted by atomic mass is 35.5. The number of hydrogen-bond acceptors (Lipinski definition) is 4. The number of nitrogens with zero attached hydrogens (tertiary/aromatic N) is 2. The molecule has 7 heteroatoms. The summed E-state index contributed by atoms with van der Waals surface area (Å²) in [6, 6.07) is 3.26. The zero-order valence-electron chi connectivity index (χ0n) is 17.0. The van der Waals surface area contributed by atoms with E-state index in [1.807, 2.05) is 0 Å². The summed E-state index contributed by atoms with van der Waals surface area (Å²) >= 11 is 6.28. The molecule has 2 unspecified atom stereocenters. The lowest BCUT2D eigenvalue weighted by molar-refractivity contribution is 0.0520. The predicted molar refractivity (Wildman–Crippen MR) is 113 cm³/mol. The molecule has 29 heavy (non-hydrogen) atoms. The molecule has 1 aliphatic carbocycles. The largest absolute Gasteiger partial charge is 0.461 e. The number of esters is 1. The minimum Gasteiger partial charge on any atom is -0.461 e.